The fourth-order valence-corrected chi connectivity index (χ4v) is 5.74. The zero-order valence-corrected chi connectivity index (χ0v) is 20.0. The van der Waals surface area contributed by atoms with Crippen LogP contribution in [0.1, 0.15) is 28.3 Å². The number of hydrogen-bond acceptors (Lipinski definition) is 7. The van der Waals surface area contributed by atoms with Crippen molar-refractivity contribution in [1.82, 2.24) is 9.88 Å². The molecule has 34 heavy (non-hydrogen) atoms. The number of ether oxygens (including phenoxy) is 2. The number of nitrogens with zero attached hydrogens (tertiary/aromatic N) is 2. The minimum atomic E-state index is -3.93. The van der Waals surface area contributed by atoms with Crippen LogP contribution < -0.4 is 14.2 Å². The molecule has 1 unspecified atom stereocenters. The molecule has 4 aromatic rings. The molecule has 1 amide bonds. The van der Waals surface area contributed by atoms with E-state index in [0.29, 0.717) is 17.2 Å². The van der Waals surface area contributed by atoms with E-state index in [4.69, 9.17) is 9.47 Å². The number of rotatable bonds is 6. The number of carbonyl (C=O) groups is 1. The van der Waals surface area contributed by atoms with Crippen LogP contribution in [0.2, 0.25) is 0 Å². The topological polar surface area (TPSA) is 97.8 Å². The molecule has 1 N–H and O–H groups in total. The third kappa shape index (κ3) is 4.17. The highest BCUT2D eigenvalue weighted by Gasteiger charge is 2.24. The Kier molecular flexibility index (Phi) is 5.62. The fourth-order valence-electron chi connectivity index (χ4n) is 3.58. The predicted octanol–water partition coefficient (Wildman–Crippen LogP) is 4.66. The zero-order chi connectivity index (χ0) is 23.9. The smallest absolute Gasteiger partial charge is 0.261 e. The van der Waals surface area contributed by atoms with Crippen molar-refractivity contribution in [3.05, 3.63) is 77.3 Å². The highest BCUT2D eigenvalue weighted by Crippen LogP contribution is 2.35. The molecular weight excluding hydrogens is 474 g/mol. The number of thiazole rings is 1. The zero-order valence-electron chi connectivity index (χ0n) is 18.4. The first-order valence-electron chi connectivity index (χ1n) is 10.5. The lowest BCUT2D eigenvalue weighted by molar-refractivity contribution is 0.0742. The minimum absolute atomic E-state index is 0.0166. The van der Waals surface area contributed by atoms with Crippen molar-refractivity contribution in [3.63, 3.8) is 0 Å². The Morgan fingerprint density at radius 3 is 2.68 bits per heavy atom. The first-order chi connectivity index (χ1) is 16.3. The van der Waals surface area contributed by atoms with Crippen LogP contribution in [0, 0.1) is 0 Å². The highest BCUT2D eigenvalue weighted by atomic mass is 32.2. The molecule has 0 spiro atoms. The Morgan fingerprint density at radius 2 is 1.85 bits per heavy atom. The van der Waals surface area contributed by atoms with Crippen LogP contribution in [0.5, 0.6) is 11.5 Å². The van der Waals surface area contributed by atoms with E-state index in [1.165, 1.54) is 23.5 Å². The first kappa shape index (κ1) is 22.2. The van der Waals surface area contributed by atoms with Gasteiger partial charge in [0.15, 0.2) is 11.5 Å². The summed E-state index contributed by atoms with van der Waals surface area (Å²) in [7, 11) is -2.24. The molecule has 10 heteroatoms. The second-order valence-corrected chi connectivity index (χ2v) is 10.6. The number of benzene rings is 3. The van der Waals surface area contributed by atoms with Crippen LogP contribution in [-0.2, 0) is 10.0 Å². The van der Waals surface area contributed by atoms with Gasteiger partial charge >= 0.3 is 0 Å². The number of aromatic nitrogens is 1. The Bertz CT molecular complexity index is 1470. The average Bonchev–Trinajstić information content (AvgIpc) is 3.49. The van der Waals surface area contributed by atoms with E-state index < -0.39 is 10.0 Å². The summed E-state index contributed by atoms with van der Waals surface area (Å²) < 4.78 is 40.1. The molecule has 174 valence electrons. The predicted molar refractivity (Wildman–Crippen MR) is 130 cm³/mol. The third-order valence-corrected chi connectivity index (χ3v) is 8.17. The summed E-state index contributed by atoms with van der Waals surface area (Å²) in [4.78, 5) is 19.4. The van der Waals surface area contributed by atoms with Crippen molar-refractivity contribution < 1.29 is 22.7 Å². The second-order valence-electron chi connectivity index (χ2n) is 7.81. The van der Waals surface area contributed by atoms with Gasteiger partial charge in [0.25, 0.3) is 15.9 Å². The van der Waals surface area contributed by atoms with Crippen molar-refractivity contribution in [2.75, 3.05) is 18.6 Å². The molecule has 5 rings (SSSR count). The number of nitrogens with one attached hydrogen (secondary N) is 1. The summed E-state index contributed by atoms with van der Waals surface area (Å²) in [6.45, 7) is 2.00. The maximum Gasteiger partial charge on any atom is 0.261 e. The molecule has 1 aliphatic rings. The molecule has 0 fully saturated rings. The lowest BCUT2D eigenvalue weighted by Crippen LogP contribution is -2.29. The molecule has 2 heterocycles. The number of fused-ring (bicyclic) bond motifs is 2. The molecule has 3 aromatic carbocycles. The maximum absolute atomic E-state index is 13.2. The van der Waals surface area contributed by atoms with Crippen molar-refractivity contribution >= 4 is 43.2 Å². The molecular formula is C24H21N3O5S2. The SMILES string of the molecule is CC(c1nc2ccccc2s1)N(C)C(=O)c1cccc(S(=O)(=O)Nc2ccc3c(c2)OCO3)c1. The number of sulfonamides is 1. The third-order valence-electron chi connectivity index (χ3n) is 5.59. The van der Waals surface area contributed by atoms with Gasteiger partial charge in [0.05, 0.1) is 26.8 Å². The summed E-state index contributed by atoms with van der Waals surface area (Å²) in [5.41, 5.74) is 1.49. The minimum Gasteiger partial charge on any atom is -0.454 e. The van der Waals surface area contributed by atoms with Gasteiger partial charge in [-0.2, -0.15) is 0 Å². The molecule has 8 nitrogen and oxygen atoms in total. The van der Waals surface area contributed by atoms with Gasteiger partial charge in [0.1, 0.15) is 5.01 Å². The van der Waals surface area contributed by atoms with E-state index in [9.17, 15) is 13.2 Å². The Hall–Kier alpha value is -3.63. The molecule has 1 aliphatic heterocycles. The summed E-state index contributed by atoms with van der Waals surface area (Å²) in [5.74, 6) is 0.724. The van der Waals surface area contributed by atoms with Crippen LogP contribution >= 0.6 is 11.3 Å². The van der Waals surface area contributed by atoms with Crippen LogP contribution in [0.15, 0.2) is 71.6 Å². The van der Waals surface area contributed by atoms with Crippen molar-refractivity contribution in [2.24, 2.45) is 0 Å². The van der Waals surface area contributed by atoms with Crippen LogP contribution in [-0.4, -0.2) is 38.0 Å². The highest BCUT2D eigenvalue weighted by molar-refractivity contribution is 7.92. The Balaban J connectivity index is 1.36. The van der Waals surface area contributed by atoms with E-state index in [-0.39, 0.29) is 29.2 Å². The number of hydrogen-bond donors (Lipinski definition) is 1. The number of carbonyl (C=O) groups excluding carboxylic acids is 1. The van der Waals surface area contributed by atoms with Crippen molar-refractivity contribution in [1.29, 1.82) is 0 Å². The molecule has 1 aromatic heterocycles. The van der Waals surface area contributed by atoms with Crippen LogP contribution in [0.25, 0.3) is 10.2 Å². The van der Waals surface area contributed by atoms with E-state index in [1.807, 2.05) is 31.2 Å². The first-order valence-corrected chi connectivity index (χ1v) is 12.8. The van der Waals surface area contributed by atoms with Gasteiger partial charge in [-0.05, 0) is 49.4 Å². The summed E-state index contributed by atoms with van der Waals surface area (Å²) in [5, 5.41) is 0.810. The van der Waals surface area contributed by atoms with Crippen molar-refractivity contribution in [2.45, 2.75) is 17.9 Å². The van der Waals surface area contributed by atoms with Gasteiger partial charge in [-0.25, -0.2) is 13.4 Å². The Labute approximate surface area is 200 Å². The van der Waals surface area contributed by atoms with Crippen molar-refractivity contribution in [3.8, 4) is 11.5 Å². The molecule has 0 bridgehead atoms. The lowest BCUT2D eigenvalue weighted by atomic mass is 10.2. The fraction of sp³-hybridized carbons (Fsp3) is 0.167. The van der Waals surface area contributed by atoms with Gasteiger partial charge in [-0.3, -0.25) is 9.52 Å². The largest absolute Gasteiger partial charge is 0.454 e. The van der Waals surface area contributed by atoms with E-state index >= 15 is 0 Å². The molecule has 0 saturated heterocycles. The van der Waals surface area contributed by atoms with Crippen LogP contribution in [0.3, 0.4) is 0 Å². The van der Waals surface area contributed by atoms with E-state index in [1.54, 1.807) is 42.3 Å². The second kappa shape index (κ2) is 8.62. The summed E-state index contributed by atoms with van der Waals surface area (Å²) >= 11 is 1.53. The quantitative estimate of drug-likeness (QED) is 0.418. The van der Waals surface area contributed by atoms with Gasteiger partial charge in [0, 0.05) is 18.7 Å². The monoisotopic (exact) mass is 495 g/mol. The Morgan fingerprint density at radius 1 is 1.06 bits per heavy atom. The lowest BCUT2D eigenvalue weighted by Gasteiger charge is -2.23. The van der Waals surface area contributed by atoms with Gasteiger partial charge in [-0.1, -0.05) is 18.2 Å². The normalized spacial score (nSPS) is 13.6. The molecule has 0 saturated carbocycles. The number of amides is 1. The van der Waals surface area contributed by atoms with E-state index in [2.05, 4.69) is 9.71 Å². The molecule has 0 radical (unpaired) electrons. The standard InChI is InChI=1S/C24H21N3O5S2/c1-15(23-25-19-8-3-4-9-22(19)33-23)27(2)24(28)16-6-5-7-18(12-16)34(29,30)26-17-10-11-20-21(13-17)32-14-31-20/h3-13,15,26H,14H2,1-2H3. The van der Waals surface area contributed by atoms with Gasteiger partial charge in [0.2, 0.25) is 6.79 Å². The summed E-state index contributed by atoms with van der Waals surface area (Å²) in [6, 6.07) is 18.3. The maximum atomic E-state index is 13.2. The summed E-state index contributed by atoms with van der Waals surface area (Å²) in [6.07, 6.45) is 0. The molecule has 0 aliphatic carbocycles. The van der Waals surface area contributed by atoms with Gasteiger partial charge < -0.3 is 14.4 Å². The van der Waals surface area contributed by atoms with Crippen LogP contribution in [0.4, 0.5) is 5.69 Å². The van der Waals surface area contributed by atoms with E-state index in [0.717, 1.165) is 15.2 Å². The van der Waals surface area contributed by atoms with Gasteiger partial charge in [-0.15, -0.1) is 11.3 Å². The number of anilines is 1. The average molecular weight is 496 g/mol. The number of para-hydroxylation sites is 1. The molecule has 1 atom stereocenters.